The summed E-state index contributed by atoms with van der Waals surface area (Å²) in [5, 5.41) is 5.10. The number of hydrogen-bond donors (Lipinski definition) is 1. The lowest BCUT2D eigenvalue weighted by molar-refractivity contribution is -0.122. The van der Waals surface area contributed by atoms with E-state index in [1.54, 1.807) is 38.7 Å². The van der Waals surface area contributed by atoms with Gasteiger partial charge in [-0.1, -0.05) is 0 Å². The average Bonchev–Trinajstić information content (AvgIpc) is 3.13. The highest BCUT2D eigenvalue weighted by Crippen LogP contribution is 2.34. The van der Waals surface area contributed by atoms with Crippen LogP contribution in [0.4, 0.5) is 0 Å². The Balaban J connectivity index is 1.59. The Bertz CT molecular complexity index is 775. The van der Waals surface area contributed by atoms with Crippen LogP contribution in [-0.4, -0.2) is 45.2 Å². The number of hydrogen-bond acceptors (Lipinski definition) is 6. The van der Waals surface area contributed by atoms with Gasteiger partial charge in [0.1, 0.15) is 5.75 Å². The molecule has 140 valence electrons. The second kappa shape index (κ2) is 8.42. The number of nitrogens with one attached hydrogen (secondary N) is 1. The summed E-state index contributed by atoms with van der Waals surface area (Å²) in [6, 6.07) is 5.75. The minimum absolute atomic E-state index is 0.000479. The molecule has 0 aliphatic carbocycles. The highest BCUT2D eigenvalue weighted by molar-refractivity contribution is 7.10. The zero-order valence-corrected chi connectivity index (χ0v) is 16.1. The van der Waals surface area contributed by atoms with Gasteiger partial charge in [-0.25, -0.2) is 0 Å². The Morgan fingerprint density at radius 3 is 2.62 bits per heavy atom. The molecule has 3 rings (SSSR count). The zero-order chi connectivity index (χ0) is 18.5. The first-order valence-electron chi connectivity index (χ1n) is 8.47. The van der Waals surface area contributed by atoms with Crippen LogP contribution in [0.1, 0.15) is 16.0 Å². The van der Waals surface area contributed by atoms with E-state index in [0.29, 0.717) is 30.3 Å². The van der Waals surface area contributed by atoms with E-state index in [-0.39, 0.29) is 5.91 Å². The van der Waals surface area contributed by atoms with Crippen LogP contribution in [-0.2, 0) is 24.3 Å². The predicted octanol–water partition coefficient (Wildman–Crippen LogP) is 2.45. The molecular formula is C19H24N2O4S. The van der Waals surface area contributed by atoms with Crippen molar-refractivity contribution in [2.24, 2.45) is 0 Å². The fraction of sp³-hybridized carbons (Fsp3) is 0.421. The van der Waals surface area contributed by atoms with Crippen LogP contribution in [0.5, 0.6) is 17.2 Å². The Kier molecular flexibility index (Phi) is 6.00. The number of carbonyl (C=O) groups is 1. The highest BCUT2D eigenvalue weighted by Gasteiger charge is 2.19. The van der Waals surface area contributed by atoms with Crippen LogP contribution >= 0.6 is 11.3 Å². The first-order valence-corrected chi connectivity index (χ1v) is 9.35. The molecule has 2 heterocycles. The topological polar surface area (TPSA) is 60.0 Å². The third-order valence-corrected chi connectivity index (χ3v) is 5.54. The van der Waals surface area contributed by atoms with Crippen molar-refractivity contribution >= 4 is 17.2 Å². The van der Waals surface area contributed by atoms with Crippen molar-refractivity contribution in [3.8, 4) is 17.2 Å². The van der Waals surface area contributed by atoms with Crippen molar-refractivity contribution in [2.45, 2.75) is 19.5 Å². The minimum atomic E-state index is 0.000479. The normalized spacial score (nSPS) is 13.8. The number of thiophene rings is 1. The molecule has 0 unspecified atom stereocenters. The number of benzene rings is 1. The Morgan fingerprint density at radius 1 is 1.15 bits per heavy atom. The van der Waals surface area contributed by atoms with Crippen molar-refractivity contribution in [2.75, 3.05) is 34.4 Å². The summed E-state index contributed by atoms with van der Waals surface area (Å²) in [4.78, 5) is 16.0. The van der Waals surface area contributed by atoms with Gasteiger partial charge in [0.15, 0.2) is 11.5 Å². The van der Waals surface area contributed by atoms with E-state index in [4.69, 9.17) is 14.2 Å². The molecule has 7 heteroatoms. The average molecular weight is 376 g/mol. The largest absolute Gasteiger partial charge is 0.496 e. The van der Waals surface area contributed by atoms with E-state index in [2.05, 4.69) is 21.7 Å². The Labute approximate surface area is 157 Å². The van der Waals surface area contributed by atoms with E-state index in [1.807, 2.05) is 6.07 Å². The van der Waals surface area contributed by atoms with Gasteiger partial charge in [0, 0.05) is 36.1 Å². The van der Waals surface area contributed by atoms with E-state index in [1.165, 1.54) is 10.4 Å². The molecule has 1 aromatic heterocycles. The van der Waals surface area contributed by atoms with Gasteiger partial charge in [0.2, 0.25) is 5.91 Å². The lowest BCUT2D eigenvalue weighted by Crippen LogP contribution is -2.39. The van der Waals surface area contributed by atoms with Crippen LogP contribution in [0.15, 0.2) is 23.6 Å². The molecule has 0 atom stereocenters. The third kappa shape index (κ3) is 4.11. The van der Waals surface area contributed by atoms with Crippen molar-refractivity contribution in [3.05, 3.63) is 39.6 Å². The molecule has 1 aliphatic heterocycles. The van der Waals surface area contributed by atoms with Gasteiger partial charge in [-0.2, -0.15) is 0 Å². The van der Waals surface area contributed by atoms with Crippen LogP contribution in [0.2, 0.25) is 0 Å². The Hall–Kier alpha value is -2.25. The minimum Gasteiger partial charge on any atom is -0.496 e. The van der Waals surface area contributed by atoms with E-state index in [0.717, 1.165) is 25.1 Å². The van der Waals surface area contributed by atoms with Crippen molar-refractivity contribution in [3.63, 3.8) is 0 Å². The summed E-state index contributed by atoms with van der Waals surface area (Å²) in [7, 11) is 4.76. The maximum atomic E-state index is 12.4. The maximum absolute atomic E-state index is 12.4. The molecule has 0 spiro atoms. The second-order valence-corrected chi connectivity index (χ2v) is 7.13. The van der Waals surface area contributed by atoms with Crippen molar-refractivity contribution in [1.29, 1.82) is 0 Å². The smallest absolute Gasteiger partial charge is 0.234 e. The molecule has 2 aromatic rings. The number of ether oxygens (including phenoxy) is 3. The molecule has 1 aromatic carbocycles. The fourth-order valence-corrected chi connectivity index (χ4v) is 4.01. The number of amides is 1. The van der Waals surface area contributed by atoms with Crippen molar-refractivity contribution in [1.82, 2.24) is 10.2 Å². The summed E-state index contributed by atoms with van der Waals surface area (Å²) in [6.07, 6.45) is 1.02. The van der Waals surface area contributed by atoms with E-state index < -0.39 is 0 Å². The SMILES string of the molecule is COc1cc(OC)c(OC)cc1CNC(=O)CN1CCc2sccc2C1. The van der Waals surface area contributed by atoms with Gasteiger partial charge in [-0.3, -0.25) is 9.69 Å². The van der Waals surface area contributed by atoms with Gasteiger partial charge in [0.05, 0.1) is 27.9 Å². The Morgan fingerprint density at radius 2 is 1.88 bits per heavy atom. The summed E-state index contributed by atoms with van der Waals surface area (Å²) < 4.78 is 16.0. The van der Waals surface area contributed by atoms with Gasteiger partial charge in [-0.15, -0.1) is 11.3 Å². The van der Waals surface area contributed by atoms with Crippen LogP contribution in [0, 0.1) is 0 Å². The molecule has 0 fully saturated rings. The van der Waals surface area contributed by atoms with Crippen molar-refractivity contribution < 1.29 is 19.0 Å². The van der Waals surface area contributed by atoms with E-state index in [9.17, 15) is 4.79 Å². The van der Waals surface area contributed by atoms with Crippen LogP contribution in [0.3, 0.4) is 0 Å². The molecule has 0 saturated carbocycles. The number of carbonyl (C=O) groups excluding carboxylic acids is 1. The summed E-state index contributed by atoms with van der Waals surface area (Å²) >= 11 is 1.80. The van der Waals surface area contributed by atoms with Gasteiger partial charge in [-0.05, 0) is 29.5 Å². The first-order chi connectivity index (χ1) is 12.6. The van der Waals surface area contributed by atoms with Crippen LogP contribution < -0.4 is 19.5 Å². The highest BCUT2D eigenvalue weighted by atomic mass is 32.1. The van der Waals surface area contributed by atoms with Gasteiger partial charge >= 0.3 is 0 Å². The fourth-order valence-electron chi connectivity index (χ4n) is 3.13. The molecule has 0 radical (unpaired) electrons. The number of fused-ring (bicyclic) bond motifs is 1. The lowest BCUT2D eigenvalue weighted by atomic mass is 10.1. The number of nitrogens with zero attached hydrogens (tertiary/aromatic N) is 1. The van der Waals surface area contributed by atoms with Crippen LogP contribution in [0.25, 0.3) is 0 Å². The molecular weight excluding hydrogens is 352 g/mol. The predicted molar refractivity (Wildman–Crippen MR) is 101 cm³/mol. The molecule has 1 amide bonds. The molecule has 1 N–H and O–H groups in total. The summed E-state index contributed by atoms with van der Waals surface area (Å²) in [5.41, 5.74) is 2.19. The lowest BCUT2D eigenvalue weighted by Gasteiger charge is -2.26. The quantitative estimate of drug-likeness (QED) is 0.804. The molecule has 0 bridgehead atoms. The standard InChI is InChI=1S/C19H24N2O4S/c1-23-15-9-17(25-3)16(24-2)8-14(15)10-20-19(22)12-21-6-4-18-13(11-21)5-7-26-18/h5,7-9H,4,6,10-12H2,1-3H3,(H,20,22). The zero-order valence-electron chi connectivity index (χ0n) is 15.3. The maximum Gasteiger partial charge on any atom is 0.234 e. The number of methoxy groups -OCH3 is 3. The van der Waals surface area contributed by atoms with E-state index >= 15 is 0 Å². The molecule has 6 nitrogen and oxygen atoms in total. The summed E-state index contributed by atoms with van der Waals surface area (Å²) in [6.45, 7) is 2.53. The van der Waals surface area contributed by atoms with Gasteiger partial charge in [0.25, 0.3) is 0 Å². The molecule has 0 saturated heterocycles. The summed E-state index contributed by atoms with van der Waals surface area (Å²) in [5.74, 6) is 1.86. The first kappa shape index (κ1) is 18.5. The third-order valence-electron chi connectivity index (χ3n) is 4.52. The monoisotopic (exact) mass is 376 g/mol. The molecule has 1 aliphatic rings. The second-order valence-electron chi connectivity index (χ2n) is 6.13. The molecule has 26 heavy (non-hydrogen) atoms. The van der Waals surface area contributed by atoms with Gasteiger partial charge < -0.3 is 19.5 Å². The number of rotatable bonds is 7.